The van der Waals surface area contributed by atoms with E-state index in [4.69, 9.17) is 28.9 Å². The number of nitrogens with two attached hydrogens (primary N) is 1. The Bertz CT molecular complexity index is 533. The fourth-order valence-electron chi connectivity index (χ4n) is 1.88. The van der Waals surface area contributed by atoms with Crippen molar-refractivity contribution in [2.24, 2.45) is 5.73 Å². The fourth-order valence-corrected chi connectivity index (χ4v) is 2.18. The quantitative estimate of drug-likeness (QED) is 0.877. The van der Waals surface area contributed by atoms with Crippen molar-refractivity contribution >= 4 is 23.2 Å². The molecule has 2 rings (SSSR count). The van der Waals surface area contributed by atoms with Crippen LogP contribution in [0.1, 0.15) is 12.5 Å². The van der Waals surface area contributed by atoms with Gasteiger partial charge in [0, 0.05) is 6.04 Å². The zero-order chi connectivity index (χ0) is 13.1. The van der Waals surface area contributed by atoms with Crippen LogP contribution in [0, 0.1) is 0 Å². The van der Waals surface area contributed by atoms with Crippen LogP contribution in [0.5, 0.6) is 0 Å². The molecule has 0 radical (unpaired) electrons. The van der Waals surface area contributed by atoms with Gasteiger partial charge in [0.2, 0.25) is 0 Å². The van der Waals surface area contributed by atoms with Gasteiger partial charge >= 0.3 is 0 Å². The molecule has 0 aliphatic carbocycles. The molecule has 0 spiro atoms. The van der Waals surface area contributed by atoms with Crippen LogP contribution in [0.25, 0.3) is 11.1 Å². The molecular weight excluding hydrogens is 265 g/mol. The SMILES string of the molecule is CC(N)Cc1ccc(-c2ccc(Cl)c(Cl)c2)cc1. The smallest absolute Gasteiger partial charge is 0.0598 e. The van der Waals surface area contributed by atoms with E-state index in [1.807, 2.05) is 25.1 Å². The van der Waals surface area contributed by atoms with Crippen LogP contribution in [-0.2, 0) is 6.42 Å². The first-order chi connectivity index (χ1) is 8.56. The first kappa shape index (κ1) is 13.4. The van der Waals surface area contributed by atoms with Gasteiger partial charge in [-0.15, -0.1) is 0 Å². The van der Waals surface area contributed by atoms with Gasteiger partial charge in [-0.05, 0) is 42.2 Å². The molecule has 0 fully saturated rings. The van der Waals surface area contributed by atoms with Gasteiger partial charge in [-0.3, -0.25) is 0 Å². The van der Waals surface area contributed by atoms with Gasteiger partial charge in [-0.1, -0.05) is 53.5 Å². The van der Waals surface area contributed by atoms with E-state index < -0.39 is 0 Å². The van der Waals surface area contributed by atoms with Gasteiger partial charge in [-0.2, -0.15) is 0 Å². The van der Waals surface area contributed by atoms with E-state index >= 15 is 0 Å². The highest BCUT2D eigenvalue weighted by Crippen LogP contribution is 2.28. The van der Waals surface area contributed by atoms with E-state index in [-0.39, 0.29) is 6.04 Å². The molecule has 0 aliphatic heterocycles. The molecule has 0 amide bonds. The molecule has 18 heavy (non-hydrogen) atoms. The summed E-state index contributed by atoms with van der Waals surface area (Å²) in [5.74, 6) is 0. The van der Waals surface area contributed by atoms with Gasteiger partial charge < -0.3 is 5.73 Å². The van der Waals surface area contributed by atoms with Crippen LogP contribution in [0.15, 0.2) is 42.5 Å². The number of benzene rings is 2. The Kier molecular flexibility index (Phi) is 4.28. The zero-order valence-electron chi connectivity index (χ0n) is 10.2. The predicted molar refractivity (Wildman–Crippen MR) is 79.3 cm³/mol. The second-order valence-corrected chi connectivity index (χ2v) is 5.32. The van der Waals surface area contributed by atoms with Gasteiger partial charge in [0.25, 0.3) is 0 Å². The highest BCUT2D eigenvalue weighted by Gasteiger charge is 2.03. The molecule has 2 N–H and O–H groups in total. The highest BCUT2D eigenvalue weighted by molar-refractivity contribution is 6.42. The van der Waals surface area contributed by atoms with Crippen molar-refractivity contribution in [1.82, 2.24) is 0 Å². The normalized spacial score (nSPS) is 12.4. The summed E-state index contributed by atoms with van der Waals surface area (Å²) in [6.45, 7) is 2.01. The van der Waals surface area contributed by atoms with E-state index in [0.717, 1.165) is 17.5 Å². The molecule has 0 aromatic heterocycles. The molecule has 2 aromatic rings. The molecule has 0 heterocycles. The molecule has 0 aliphatic rings. The topological polar surface area (TPSA) is 26.0 Å². The average Bonchev–Trinajstić information content (AvgIpc) is 2.33. The van der Waals surface area contributed by atoms with E-state index in [1.54, 1.807) is 0 Å². The largest absolute Gasteiger partial charge is 0.328 e. The van der Waals surface area contributed by atoms with Crippen LogP contribution >= 0.6 is 23.2 Å². The molecular formula is C15H15Cl2N. The zero-order valence-corrected chi connectivity index (χ0v) is 11.7. The summed E-state index contributed by atoms with van der Waals surface area (Å²) in [4.78, 5) is 0. The Morgan fingerprint density at radius 2 is 1.56 bits per heavy atom. The maximum absolute atomic E-state index is 6.02. The summed E-state index contributed by atoms with van der Waals surface area (Å²) in [5, 5.41) is 1.16. The first-order valence-electron chi connectivity index (χ1n) is 5.86. The molecule has 1 atom stereocenters. The minimum absolute atomic E-state index is 0.181. The van der Waals surface area contributed by atoms with Gasteiger partial charge in [0.05, 0.1) is 10.0 Å². The lowest BCUT2D eigenvalue weighted by molar-refractivity contribution is 0.738. The van der Waals surface area contributed by atoms with Crippen LogP contribution in [-0.4, -0.2) is 6.04 Å². The summed E-state index contributed by atoms with van der Waals surface area (Å²) in [6, 6.07) is 14.2. The minimum Gasteiger partial charge on any atom is -0.328 e. The monoisotopic (exact) mass is 279 g/mol. The number of rotatable bonds is 3. The molecule has 3 heteroatoms. The van der Waals surface area contributed by atoms with E-state index in [0.29, 0.717) is 10.0 Å². The van der Waals surface area contributed by atoms with Crippen molar-refractivity contribution in [1.29, 1.82) is 0 Å². The molecule has 1 unspecified atom stereocenters. The molecule has 0 bridgehead atoms. The van der Waals surface area contributed by atoms with E-state index in [2.05, 4.69) is 24.3 Å². The number of halogens is 2. The van der Waals surface area contributed by atoms with Gasteiger partial charge in [0.15, 0.2) is 0 Å². The first-order valence-corrected chi connectivity index (χ1v) is 6.62. The van der Waals surface area contributed by atoms with Crippen molar-refractivity contribution < 1.29 is 0 Å². The van der Waals surface area contributed by atoms with Gasteiger partial charge in [0.1, 0.15) is 0 Å². The Balaban J connectivity index is 2.25. The molecule has 2 aromatic carbocycles. The summed E-state index contributed by atoms with van der Waals surface area (Å²) >= 11 is 11.9. The molecule has 0 saturated carbocycles. The maximum Gasteiger partial charge on any atom is 0.0598 e. The Labute approximate surface area is 118 Å². The van der Waals surface area contributed by atoms with E-state index in [9.17, 15) is 0 Å². The van der Waals surface area contributed by atoms with E-state index in [1.165, 1.54) is 5.56 Å². The fraction of sp³-hybridized carbons (Fsp3) is 0.200. The predicted octanol–water partition coefficient (Wildman–Crippen LogP) is 4.55. The highest BCUT2D eigenvalue weighted by atomic mass is 35.5. The minimum atomic E-state index is 0.181. The Morgan fingerprint density at radius 3 is 2.11 bits per heavy atom. The molecule has 0 saturated heterocycles. The molecule has 94 valence electrons. The maximum atomic E-state index is 6.02. The number of hydrogen-bond donors (Lipinski definition) is 1. The lowest BCUT2D eigenvalue weighted by Gasteiger charge is -2.07. The second kappa shape index (κ2) is 5.75. The third kappa shape index (κ3) is 3.26. The third-order valence-corrected chi connectivity index (χ3v) is 3.50. The van der Waals surface area contributed by atoms with Gasteiger partial charge in [-0.25, -0.2) is 0 Å². The van der Waals surface area contributed by atoms with Crippen LogP contribution in [0.3, 0.4) is 0 Å². The average molecular weight is 280 g/mol. The van der Waals surface area contributed by atoms with Crippen LogP contribution < -0.4 is 5.73 Å². The summed E-state index contributed by atoms with van der Waals surface area (Å²) in [7, 11) is 0. The Morgan fingerprint density at radius 1 is 0.944 bits per heavy atom. The number of hydrogen-bond acceptors (Lipinski definition) is 1. The van der Waals surface area contributed by atoms with Crippen LogP contribution in [0.2, 0.25) is 10.0 Å². The van der Waals surface area contributed by atoms with Crippen molar-refractivity contribution in [3.8, 4) is 11.1 Å². The van der Waals surface area contributed by atoms with Crippen molar-refractivity contribution in [3.63, 3.8) is 0 Å². The Hall–Kier alpha value is -1.02. The van der Waals surface area contributed by atoms with Crippen LogP contribution in [0.4, 0.5) is 0 Å². The summed E-state index contributed by atoms with van der Waals surface area (Å²) in [5.41, 5.74) is 9.22. The third-order valence-electron chi connectivity index (χ3n) is 2.76. The van der Waals surface area contributed by atoms with Crippen molar-refractivity contribution in [3.05, 3.63) is 58.1 Å². The lowest BCUT2D eigenvalue weighted by atomic mass is 10.0. The van der Waals surface area contributed by atoms with Crippen molar-refractivity contribution in [2.75, 3.05) is 0 Å². The standard InChI is InChI=1S/C15H15Cl2N/c1-10(18)8-11-2-4-12(5-3-11)13-6-7-14(16)15(17)9-13/h2-7,9-10H,8,18H2,1H3. The summed E-state index contributed by atoms with van der Waals surface area (Å²) < 4.78 is 0. The summed E-state index contributed by atoms with van der Waals surface area (Å²) in [6.07, 6.45) is 0.891. The van der Waals surface area contributed by atoms with Crippen molar-refractivity contribution in [2.45, 2.75) is 19.4 Å². The lowest BCUT2D eigenvalue weighted by Crippen LogP contribution is -2.17. The molecule has 1 nitrogen and oxygen atoms in total. The second-order valence-electron chi connectivity index (χ2n) is 4.51.